The van der Waals surface area contributed by atoms with Gasteiger partial charge in [0.2, 0.25) is 5.91 Å². The second-order valence-corrected chi connectivity index (χ2v) is 5.71. The summed E-state index contributed by atoms with van der Waals surface area (Å²) in [5.41, 5.74) is 0. The van der Waals surface area contributed by atoms with Crippen LogP contribution in [0.15, 0.2) is 22.8 Å². The van der Waals surface area contributed by atoms with Crippen LogP contribution in [-0.2, 0) is 4.79 Å². The predicted octanol–water partition coefficient (Wildman–Crippen LogP) is 2.92. The van der Waals surface area contributed by atoms with E-state index in [0.717, 1.165) is 38.2 Å². The topological polar surface area (TPSA) is 36.7 Å². The summed E-state index contributed by atoms with van der Waals surface area (Å²) in [6.45, 7) is 9.63. The molecule has 1 aliphatic rings. The van der Waals surface area contributed by atoms with E-state index in [1.807, 2.05) is 17.0 Å². The van der Waals surface area contributed by atoms with Crippen LogP contribution in [0.3, 0.4) is 0 Å². The monoisotopic (exact) mass is 278 g/mol. The van der Waals surface area contributed by atoms with Gasteiger partial charge in [-0.1, -0.05) is 20.8 Å². The van der Waals surface area contributed by atoms with Gasteiger partial charge in [-0.3, -0.25) is 9.69 Å². The molecule has 0 spiro atoms. The molecule has 2 atom stereocenters. The number of likely N-dealkylation sites (tertiary alicyclic amines) is 1. The molecule has 1 aromatic rings. The second-order valence-electron chi connectivity index (χ2n) is 5.71. The van der Waals surface area contributed by atoms with Gasteiger partial charge in [-0.25, -0.2) is 0 Å². The maximum absolute atomic E-state index is 12.6. The highest BCUT2D eigenvalue weighted by Gasteiger charge is 2.32. The standard InChI is InChI=1S/C16H26N2O2/c1-4-17(5-2)12-16(19)18-9-8-13(3)11-14(18)15-7-6-10-20-15/h6-7,10,13-14H,4-5,8-9,11-12H2,1-3H3/t13-,14-/m1/s1. The van der Waals surface area contributed by atoms with Gasteiger partial charge in [0.05, 0.1) is 18.8 Å². The smallest absolute Gasteiger partial charge is 0.237 e. The summed E-state index contributed by atoms with van der Waals surface area (Å²) in [7, 11) is 0. The number of amides is 1. The molecule has 1 saturated heterocycles. The minimum Gasteiger partial charge on any atom is -0.467 e. The van der Waals surface area contributed by atoms with Gasteiger partial charge in [-0.15, -0.1) is 0 Å². The van der Waals surface area contributed by atoms with Gasteiger partial charge in [0.1, 0.15) is 5.76 Å². The first-order chi connectivity index (χ1) is 9.65. The summed E-state index contributed by atoms with van der Waals surface area (Å²) in [4.78, 5) is 16.8. The molecule has 2 heterocycles. The maximum atomic E-state index is 12.6. The molecule has 0 aliphatic carbocycles. The van der Waals surface area contributed by atoms with Gasteiger partial charge >= 0.3 is 0 Å². The van der Waals surface area contributed by atoms with E-state index in [2.05, 4.69) is 25.7 Å². The van der Waals surface area contributed by atoms with Crippen molar-refractivity contribution in [2.75, 3.05) is 26.2 Å². The molecule has 0 radical (unpaired) electrons. The number of hydrogen-bond donors (Lipinski definition) is 0. The predicted molar refractivity (Wildman–Crippen MR) is 79.3 cm³/mol. The van der Waals surface area contributed by atoms with Crippen molar-refractivity contribution in [3.05, 3.63) is 24.2 Å². The summed E-state index contributed by atoms with van der Waals surface area (Å²) in [6.07, 6.45) is 3.78. The van der Waals surface area contributed by atoms with Gasteiger partial charge < -0.3 is 9.32 Å². The van der Waals surface area contributed by atoms with Crippen LogP contribution in [0, 0.1) is 5.92 Å². The number of carbonyl (C=O) groups is 1. The fraction of sp³-hybridized carbons (Fsp3) is 0.688. The summed E-state index contributed by atoms with van der Waals surface area (Å²) in [5, 5.41) is 0. The van der Waals surface area contributed by atoms with Crippen LogP contribution >= 0.6 is 0 Å². The number of rotatable bonds is 5. The van der Waals surface area contributed by atoms with Crippen LogP contribution in [-0.4, -0.2) is 41.9 Å². The van der Waals surface area contributed by atoms with Gasteiger partial charge in [0.25, 0.3) is 0 Å². The zero-order valence-electron chi connectivity index (χ0n) is 12.8. The fourth-order valence-electron chi connectivity index (χ4n) is 2.92. The molecule has 0 bridgehead atoms. The highest BCUT2D eigenvalue weighted by molar-refractivity contribution is 5.78. The Hall–Kier alpha value is -1.29. The van der Waals surface area contributed by atoms with Gasteiger partial charge in [-0.2, -0.15) is 0 Å². The highest BCUT2D eigenvalue weighted by atomic mass is 16.3. The van der Waals surface area contributed by atoms with Crippen LogP contribution in [0.25, 0.3) is 0 Å². The lowest BCUT2D eigenvalue weighted by Crippen LogP contribution is -2.45. The van der Waals surface area contributed by atoms with Crippen molar-refractivity contribution in [2.24, 2.45) is 5.92 Å². The summed E-state index contributed by atoms with van der Waals surface area (Å²) >= 11 is 0. The molecule has 1 fully saturated rings. The van der Waals surface area contributed by atoms with Crippen molar-refractivity contribution >= 4 is 5.91 Å². The molecule has 0 unspecified atom stereocenters. The summed E-state index contributed by atoms with van der Waals surface area (Å²) < 4.78 is 5.55. The number of nitrogens with zero attached hydrogens (tertiary/aromatic N) is 2. The zero-order chi connectivity index (χ0) is 14.5. The van der Waals surface area contributed by atoms with Crippen molar-refractivity contribution in [1.82, 2.24) is 9.80 Å². The van der Waals surface area contributed by atoms with E-state index in [1.54, 1.807) is 6.26 Å². The molecule has 4 heteroatoms. The Morgan fingerprint density at radius 2 is 2.20 bits per heavy atom. The van der Waals surface area contributed by atoms with Gasteiger partial charge in [0.15, 0.2) is 0 Å². The van der Waals surface area contributed by atoms with E-state index in [1.165, 1.54) is 0 Å². The Kier molecular flexibility index (Phi) is 5.24. The second kappa shape index (κ2) is 6.93. The van der Waals surface area contributed by atoms with Crippen molar-refractivity contribution in [3.8, 4) is 0 Å². The first-order valence-corrected chi connectivity index (χ1v) is 7.70. The maximum Gasteiger partial charge on any atom is 0.237 e. The van der Waals surface area contributed by atoms with Crippen LogP contribution in [0.5, 0.6) is 0 Å². The van der Waals surface area contributed by atoms with E-state index in [4.69, 9.17) is 4.42 Å². The third kappa shape index (κ3) is 3.42. The van der Waals surface area contributed by atoms with Crippen molar-refractivity contribution in [3.63, 3.8) is 0 Å². The number of carbonyl (C=O) groups excluding carboxylic acids is 1. The van der Waals surface area contributed by atoms with Gasteiger partial charge in [0, 0.05) is 6.54 Å². The van der Waals surface area contributed by atoms with Crippen LogP contribution in [0.1, 0.15) is 45.4 Å². The number of furan rings is 1. The Bertz CT molecular complexity index is 412. The molecule has 1 amide bonds. The SMILES string of the molecule is CCN(CC)CC(=O)N1CC[C@@H](C)C[C@@H]1c1ccco1. The van der Waals surface area contributed by atoms with E-state index in [9.17, 15) is 4.79 Å². The van der Waals surface area contributed by atoms with Crippen molar-refractivity contribution in [2.45, 2.75) is 39.7 Å². The first kappa shape index (κ1) is 15.1. The fourth-order valence-corrected chi connectivity index (χ4v) is 2.92. The summed E-state index contributed by atoms with van der Waals surface area (Å²) in [6, 6.07) is 4.00. The quantitative estimate of drug-likeness (QED) is 0.831. The number of likely N-dealkylation sites (N-methyl/N-ethyl adjacent to an activating group) is 1. The summed E-state index contributed by atoms with van der Waals surface area (Å²) in [5.74, 6) is 1.79. The molecule has 0 saturated carbocycles. The normalized spacial score (nSPS) is 23.3. The largest absolute Gasteiger partial charge is 0.467 e. The minimum absolute atomic E-state index is 0.108. The van der Waals surface area contributed by atoms with Crippen molar-refractivity contribution < 1.29 is 9.21 Å². The molecule has 2 rings (SSSR count). The molecule has 112 valence electrons. The average molecular weight is 278 g/mol. The Balaban J connectivity index is 2.09. The first-order valence-electron chi connectivity index (χ1n) is 7.70. The van der Waals surface area contributed by atoms with E-state index >= 15 is 0 Å². The molecule has 0 aromatic carbocycles. The van der Waals surface area contributed by atoms with Crippen LogP contribution < -0.4 is 0 Å². The van der Waals surface area contributed by atoms with E-state index in [0.29, 0.717) is 12.5 Å². The Labute approximate surface area is 121 Å². The van der Waals surface area contributed by atoms with Crippen LogP contribution in [0.4, 0.5) is 0 Å². The lowest BCUT2D eigenvalue weighted by molar-refractivity contribution is -0.137. The number of piperidine rings is 1. The Morgan fingerprint density at radius 1 is 1.45 bits per heavy atom. The molecule has 20 heavy (non-hydrogen) atoms. The zero-order valence-corrected chi connectivity index (χ0v) is 12.8. The minimum atomic E-state index is 0.108. The lowest BCUT2D eigenvalue weighted by atomic mass is 9.91. The van der Waals surface area contributed by atoms with Crippen molar-refractivity contribution in [1.29, 1.82) is 0 Å². The molecule has 0 N–H and O–H groups in total. The molecular formula is C16H26N2O2. The molecular weight excluding hydrogens is 252 g/mol. The molecule has 4 nitrogen and oxygen atoms in total. The van der Waals surface area contributed by atoms with E-state index in [-0.39, 0.29) is 11.9 Å². The molecule has 1 aliphatic heterocycles. The third-order valence-electron chi connectivity index (χ3n) is 4.31. The Morgan fingerprint density at radius 3 is 2.80 bits per heavy atom. The van der Waals surface area contributed by atoms with Gasteiger partial charge in [-0.05, 0) is 44.0 Å². The molecule has 1 aromatic heterocycles. The average Bonchev–Trinajstić information content (AvgIpc) is 2.98. The van der Waals surface area contributed by atoms with Crippen LogP contribution in [0.2, 0.25) is 0 Å². The number of hydrogen-bond acceptors (Lipinski definition) is 3. The highest BCUT2D eigenvalue weighted by Crippen LogP contribution is 2.34. The third-order valence-corrected chi connectivity index (χ3v) is 4.31. The van der Waals surface area contributed by atoms with E-state index < -0.39 is 0 Å². The lowest BCUT2D eigenvalue weighted by Gasteiger charge is -2.38.